The van der Waals surface area contributed by atoms with E-state index in [9.17, 15) is 0 Å². The Morgan fingerprint density at radius 3 is 2.78 bits per heavy atom. The van der Waals surface area contributed by atoms with Crippen LogP contribution >= 0.6 is 12.2 Å². The second-order valence-corrected chi connectivity index (χ2v) is 5.55. The lowest BCUT2D eigenvalue weighted by Gasteiger charge is -2.16. The minimum absolute atomic E-state index is 0.145. The zero-order valence-corrected chi connectivity index (χ0v) is 11.1. The first-order chi connectivity index (χ1) is 8.48. The Labute approximate surface area is 108 Å². The quantitative estimate of drug-likeness (QED) is 0.626. The smallest absolute Gasteiger partial charge is 0.187 e. The predicted octanol–water partition coefficient (Wildman–Crippen LogP) is 2.03. The molecule has 0 atom stereocenters. The lowest BCUT2D eigenvalue weighted by Crippen LogP contribution is -2.17. The first-order valence-electron chi connectivity index (χ1n) is 5.56. The molecule has 0 unspecified atom stereocenters. The van der Waals surface area contributed by atoms with E-state index in [2.05, 4.69) is 46.0 Å². The molecule has 0 aliphatic rings. The molecule has 0 saturated carbocycles. The summed E-state index contributed by atoms with van der Waals surface area (Å²) in [6, 6.07) is 0. The third kappa shape index (κ3) is 1.51. The van der Waals surface area contributed by atoms with Crippen LogP contribution in [0.3, 0.4) is 0 Å². The molecule has 1 N–H and O–H groups in total. The number of H-pyrrole nitrogens is 1. The van der Waals surface area contributed by atoms with Gasteiger partial charge in [-0.2, -0.15) is 0 Å². The second-order valence-electron chi connectivity index (χ2n) is 5.16. The molecule has 0 aromatic carbocycles. The van der Waals surface area contributed by atoms with E-state index >= 15 is 0 Å². The highest BCUT2D eigenvalue weighted by atomic mass is 32.1. The predicted molar refractivity (Wildman–Crippen MR) is 70.0 cm³/mol. The Morgan fingerprint density at radius 2 is 2.06 bits per heavy atom. The number of aromatic nitrogens is 6. The molecular weight excluding hydrogens is 248 g/mol. The van der Waals surface area contributed by atoms with E-state index in [0.29, 0.717) is 15.9 Å². The molecule has 0 amide bonds. The molecule has 0 fully saturated rings. The standard InChI is InChI=1S/C11H12N6S/c1-11(2,3)7-10(18)17-9(15-14-7)6-4-12-5-13-8(6)16-17/h4-5H,1-3H3,(H,12,13,16). The minimum atomic E-state index is -0.145. The molecule has 0 spiro atoms. The van der Waals surface area contributed by atoms with Gasteiger partial charge in [0, 0.05) is 11.6 Å². The minimum Gasteiger partial charge on any atom is -0.274 e. The van der Waals surface area contributed by atoms with Crippen LogP contribution in [-0.4, -0.2) is 29.8 Å². The molecule has 6 nitrogen and oxygen atoms in total. The zero-order chi connectivity index (χ0) is 12.9. The molecule has 0 radical (unpaired) electrons. The van der Waals surface area contributed by atoms with Gasteiger partial charge < -0.3 is 0 Å². The van der Waals surface area contributed by atoms with Crippen molar-refractivity contribution in [3.8, 4) is 0 Å². The number of hydrogen-bond acceptors (Lipinski definition) is 5. The molecular formula is C11H12N6S. The summed E-state index contributed by atoms with van der Waals surface area (Å²) in [5.74, 6) is 0. The van der Waals surface area contributed by atoms with E-state index in [1.807, 2.05) is 0 Å². The van der Waals surface area contributed by atoms with E-state index in [4.69, 9.17) is 12.2 Å². The van der Waals surface area contributed by atoms with Gasteiger partial charge in [-0.05, 0) is 0 Å². The second kappa shape index (κ2) is 3.55. The summed E-state index contributed by atoms with van der Waals surface area (Å²) in [5.41, 5.74) is 2.00. The molecule has 3 rings (SSSR count). The molecule has 7 heteroatoms. The largest absolute Gasteiger partial charge is 0.274 e. The van der Waals surface area contributed by atoms with Crippen molar-refractivity contribution in [3.63, 3.8) is 0 Å². The van der Waals surface area contributed by atoms with Crippen LogP contribution in [0.5, 0.6) is 0 Å². The van der Waals surface area contributed by atoms with E-state index in [0.717, 1.165) is 11.1 Å². The van der Waals surface area contributed by atoms with Crippen LogP contribution in [0.15, 0.2) is 12.5 Å². The Kier molecular flexibility index (Phi) is 2.21. The van der Waals surface area contributed by atoms with Crippen LogP contribution in [0, 0.1) is 4.64 Å². The van der Waals surface area contributed by atoms with E-state index in [1.54, 1.807) is 10.7 Å². The summed E-state index contributed by atoms with van der Waals surface area (Å²) < 4.78 is 2.37. The summed E-state index contributed by atoms with van der Waals surface area (Å²) in [7, 11) is 0. The Morgan fingerprint density at radius 1 is 1.28 bits per heavy atom. The van der Waals surface area contributed by atoms with Crippen LogP contribution in [0.1, 0.15) is 26.5 Å². The molecule has 18 heavy (non-hydrogen) atoms. The van der Waals surface area contributed by atoms with Crippen molar-refractivity contribution in [1.82, 2.24) is 29.8 Å². The normalized spacial score (nSPS) is 12.4. The number of nitrogens with zero attached hydrogens (tertiary/aromatic N) is 5. The van der Waals surface area contributed by atoms with Gasteiger partial charge in [0.05, 0.1) is 5.39 Å². The average Bonchev–Trinajstić information content (AvgIpc) is 2.68. The van der Waals surface area contributed by atoms with Crippen LogP contribution in [-0.2, 0) is 5.41 Å². The summed E-state index contributed by atoms with van der Waals surface area (Å²) >= 11 is 5.46. The van der Waals surface area contributed by atoms with Crippen molar-refractivity contribution in [3.05, 3.63) is 22.9 Å². The number of hydrogen-bond donors (Lipinski definition) is 1. The maximum atomic E-state index is 5.46. The highest BCUT2D eigenvalue weighted by Gasteiger charge is 2.20. The Bertz CT molecular complexity index is 794. The third-order valence-corrected chi connectivity index (χ3v) is 3.12. The topological polar surface area (TPSA) is 71.8 Å². The van der Waals surface area contributed by atoms with Crippen LogP contribution in [0.25, 0.3) is 16.7 Å². The number of rotatable bonds is 0. The van der Waals surface area contributed by atoms with Crippen molar-refractivity contribution in [1.29, 1.82) is 0 Å². The van der Waals surface area contributed by atoms with Crippen LogP contribution < -0.4 is 0 Å². The van der Waals surface area contributed by atoms with Crippen molar-refractivity contribution < 1.29 is 0 Å². The molecule has 3 aromatic rings. The van der Waals surface area contributed by atoms with Gasteiger partial charge in [-0.25, -0.2) is 14.5 Å². The van der Waals surface area contributed by atoms with Crippen molar-refractivity contribution in [2.75, 3.05) is 0 Å². The molecule has 0 aliphatic carbocycles. The van der Waals surface area contributed by atoms with Crippen molar-refractivity contribution >= 4 is 28.9 Å². The summed E-state index contributed by atoms with van der Waals surface area (Å²) in [5, 5.41) is 12.4. The lowest BCUT2D eigenvalue weighted by atomic mass is 9.93. The summed E-state index contributed by atoms with van der Waals surface area (Å²) in [6.45, 7) is 6.17. The number of aromatic amines is 1. The van der Waals surface area contributed by atoms with Gasteiger partial charge in [0.1, 0.15) is 12.0 Å². The van der Waals surface area contributed by atoms with E-state index in [-0.39, 0.29) is 5.41 Å². The van der Waals surface area contributed by atoms with Gasteiger partial charge in [0.25, 0.3) is 0 Å². The summed E-state index contributed by atoms with van der Waals surface area (Å²) in [4.78, 5) is 8.14. The SMILES string of the molecule is CC(C)(C)c1nnc2c3cncnc3[nH]n2c1=S. The fourth-order valence-corrected chi connectivity index (χ4v) is 2.30. The maximum absolute atomic E-state index is 5.46. The number of nitrogens with one attached hydrogen (secondary N) is 1. The van der Waals surface area contributed by atoms with E-state index in [1.165, 1.54) is 6.33 Å². The Hall–Kier alpha value is -1.89. The third-order valence-electron chi connectivity index (χ3n) is 2.74. The molecule has 0 aliphatic heterocycles. The number of fused-ring (bicyclic) bond motifs is 3. The van der Waals surface area contributed by atoms with Gasteiger partial charge in [-0.3, -0.25) is 5.10 Å². The van der Waals surface area contributed by atoms with Crippen molar-refractivity contribution in [2.45, 2.75) is 26.2 Å². The fraction of sp³-hybridized carbons (Fsp3) is 0.364. The first-order valence-corrected chi connectivity index (χ1v) is 5.97. The molecule has 3 aromatic heterocycles. The average molecular weight is 260 g/mol. The van der Waals surface area contributed by atoms with Gasteiger partial charge in [-0.15, -0.1) is 10.2 Å². The molecule has 0 bridgehead atoms. The van der Waals surface area contributed by atoms with Gasteiger partial charge in [0.2, 0.25) is 0 Å². The zero-order valence-electron chi connectivity index (χ0n) is 10.3. The molecule has 92 valence electrons. The summed E-state index contributed by atoms with van der Waals surface area (Å²) in [6.07, 6.45) is 3.19. The van der Waals surface area contributed by atoms with Gasteiger partial charge in [0.15, 0.2) is 15.9 Å². The van der Waals surface area contributed by atoms with Crippen molar-refractivity contribution in [2.24, 2.45) is 0 Å². The molecule has 0 saturated heterocycles. The van der Waals surface area contributed by atoms with E-state index < -0.39 is 0 Å². The fourth-order valence-electron chi connectivity index (χ4n) is 1.82. The highest BCUT2D eigenvalue weighted by molar-refractivity contribution is 7.71. The maximum Gasteiger partial charge on any atom is 0.187 e. The van der Waals surface area contributed by atoms with Crippen LogP contribution in [0.2, 0.25) is 0 Å². The van der Waals surface area contributed by atoms with Gasteiger partial charge >= 0.3 is 0 Å². The van der Waals surface area contributed by atoms with Gasteiger partial charge in [-0.1, -0.05) is 33.0 Å². The van der Waals surface area contributed by atoms with Crippen LogP contribution in [0.4, 0.5) is 0 Å². The Balaban J connectivity index is 2.47. The highest BCUT2D eigenvalue weighted by Crippen LogP contribution is 2.22. The lowest BCUT2D eigenvalue weighted by molar-refractivity contribution is 0.548. The molecule has 3 heterocycles. The first kappa shape index (κ1) is 11.2. The monoisotopic (exact) mass is 260 g/mol.